The van der Waals surface area contributed by atoms with Gasteiger partial charge >= 0.3 is 0 Å². The Morgan fingerprint density at radius 1 is 1.38 bits per heavy atom. The molecule has 0 aromatic heterocycles. The molecule has 1 heterocycles. The molecular weight excluding hydrogens is 270 g/mol. The highest BCUT2D eigenvalue weighted by molar-refractivity contribution is 9.10. The van der Waals surface area contributed by atoms with Gasteiger partial charge in [0.25, 0.3) is 0 Å². The summed E-state index contributed by atoms with van der Waals surface area (Å²) in [5.41, 5.74) is 8.26. The SMILES string of the molecule is CCc1c(C(C)N)cc(Br)c2c1OCCO2. The molecule has 1 unspecified atom stereocenters. The van der Waals surface area contributed by atoms with Crippen LogP contribution in [0.3, 0.4) is 0 Å². The molecule has 3 nitrogen and oxygen atoms in total. The summed E-state index contributed by atoms with van der Waals surface area (Å²) in [6, 6.07) is 2.04. The van der Waals surface area contributed by atoms with E-state index in [1.807, 2.05) is 13.0 Å². The van der Waals surface area contributed by atoms with E-state index in [1.165, 1.54) is 0 Å². The Bertz CT molecular complexity index is 404. The minimum atomic E-state index is 0.00192. The average Bonchev–Trinajstić information content (AvgIpc) is 2.29. The molecule has 1 aromatic carbocycles. The van der Waals surface area contributed by atoms with Gasteiger partial charge in [-0.15, -0.1) is 0 Å². The van der Waals surface area contributed by atoms with E-state index in [1.54, 1.807) is 0 Å². The van der Waals surface area contributed by atoms with Gasteiger partial charge in [0.2, 0.25) is 0 Å². The number of rotatable bonds is 2. The first-order chi connectivity index (χ1) is 7.65. The van der Waals surface area contributed by atoms with E-state index in [4.69, 9.17) is 15.2 Å². The van der Waals surface area contributed by atoms with Crippen molar-refractivity contribution in [3.8, 4) is 11.5 Å². The van der Waals surface area contributed by atoms with Crippen LogP contribution in [0, 0.1) is 0 Å². The van der Waals surface area contributed by atoms with Crippen LogP contribution in [0.1, 0.15) is 31.0 Å². The van der Waals surface area contributed by atoms with Crippen LogP contribution in [0.25, 0.3) is 0 Å². The highest BCUT2D eigenvalue weighted by Gasteiger charge is 2.22. The van der Waals surface area contributed by atoms with Gasteiger partial charge in [-0.05, 0) is 40.9 Å². The third-order valence-electron chi connectivity index (χ3n) is 2.75. The van der Waals surface area contributed by atoms with Crippen molar-refractivity contribution in [3.63, 3.8) is 0 Å². The van der Waals surface area contributed by atoms with Gasteiger partial charge in [-0.3, -0.25) is 0 Å². The molecule has 2 rings (SSSR count). The molecule has 0 radical (unpaired) electrons. The van der Waals surface area contributed by atoms with Crippen LogP contribution in [0.4, 0.5) is 0 Å². The number of ether oxygens (including phenoxy) is 2. The monoisotopic (exact) mass is 285 g/mol. The van der Waals surface area contributed by atoms with Crippen molar-refractivity contribution in [2.45, 2.75) is 26.3 Å². The zero-order valence-corrected chi connectivity index (χ0v) is 11.1. The van der Waals surface area contributed by atoms with Crippen LogP contribution in [0.5, 0.6) is 11.5 Å². The Kier molecular flexibility index (Phi) is 3.40. The van der Waals surface area contributed by atoms with Crippen molar-refractivity contribution in [1.82, 2.24) is 0 Å². The molecule has 0 aliphatic carbocycles. The summed E-state index contributed by atoms with van der Waals surface area (Å²) in [7, 11) is 0. The normalized spacial score (nSPS) is 16.0. The van der Waals surface area contributed by atoms with Gasteiger partial charge in [-0.25, -0.2) is 0 Å². The van der Waals surface area contributed by atoms with Gasteiger partial charge in [0.15, 0.2) is 11.5 Å². The largest absolute Gasteiger partial charge is 0.486 e. The van der Waals surface area contributed by atoms with E-state index in [0.717, 1.165) is 33.5 Å². The fourth-order valence-electron chi connectivity index (χ4n) is 2.01. The van der Waals surface area contributed by atoms with Crippen LogP contribution in [0.15, 0.2) is 10.5 Å². The average molecular weight is 286 g/mol. The first-order valence-electron chi connectivity index (χ1n) is 5.51. The van der Waals surface area contributed by atoms with E-state index in [-0.39, 0.29) is 6.04 Å². The minimum Gasteiger partial charge on any atom is -0.486 e. The second kappa shape index (κ2) is 4.63. The maximum atomic E-state index is 5.97. The molecule has 1 aromatic rings. The second-order valence-corrected chi connectivity index (χ2v) is 4.78. The molecule has 0 fully saturated rings. The summed E-state index contributed by atoms with van der Waals surface area (Å²) in [4.78, 5) is 0. The minimum absolute atomic E-state index is 0.00192. The number of fused-ring (bicyclic) bond motifs is 1. The highest BCUT2D eigenvalue weighted by Crippen LogP contribution is 2.43. The number of nitrogens with two attached hydrogens (primary N) is 1. The standard InChI is InChI=1S/C12H16BrNO2/c1-3-8-9(7(2)14)6-10(13)12-11(8)15-4-5-16-12/h6-7H,3-5,14H2,1-2H3. The molecule has 1 aliphatic rings. The van der Waals surface area contributed by atoms with Gasteiger partial charge in [0.05, 0.1) is 4.47 Å². The summed E-state index contributed by atoms with van der Waals surface area (Å²) in [6.07, 6.45) is 0.899. The molecule has 2 N–H and O–H groups in total. The maximum Gasteiger partial charge on any atom is 0.175 e. The van der Waals surface area contributed by atoms with Crippen LogP contribution < -0.4 is 15.2 Å². The van der Waals surface area contributed by atoms with Gasteiger partial charge in [0, 0.05) is 11.6 Å². The van der Waals surface area contributed by atoms with Gasteiger partial charge in [-0.1, -0.05) is 6.92 Å². The molecule has 16 heavy (non-hydrogen) atoms. The van der Waals surface area contributed by atoms with Crippen molar-refractivity contribution >= 4 is 15.9 Å². The third-order valence-corrected chi connectivity index (χ3v) is 3.34. The number of benzene rings is 1. The van der Waals surface area contributed by atoms with Crippen molar-refractivity contribution in [3.05, 3.63) is 21.7 Å². The van der Waals surface area contributed by atoms with Crippen LogP contribution in [0.2, 0.25) is 0 Å². The summed E-state index contributed by atoms with van der Waals surface area (Å²) >= 11 is 3.50. The van der Waals surface area contributed by atoms with E-state index in [0.29, 0.717) is 13.2 Å². The van der Waals surface area contributed by atoms with Gasteiger partial charge in [-0.2, -0.15) is 0 Å². The lowest BCUT2D eigenvalue weighted by Gasteiger charge is -2.25. The predicted molar refractivity (Wildman–Crippen MR) is 67.1 cm³/mol. The van der Waals surface area contributed by atoms with Crippen molar-refractivity contribution in [2.24, 2.45) is 5.73 Å². The smallest absolute Gasteiger partial charge is 0.175 e. The van der Waals surface area contributed by atoms with Crippen molar-refractivity contribution in [2.75, 3.05) is 13.2 Å². The zero-order valence-electron chi connectivity index (χ0n) is 9.55. The summed E-state index contributed by atoms with van der Waals surface area (Å²) in [5.74, 6) is 1.67. The molecule has 0 bridgehead atoms. The molecule has 0 saturated carbocycles. The molecule has 0 spiro atoms. The summed E-state index contributed by atoms with van der Waals surface area (Å²) < 4.78 is 12.2. The third kappa shape index (κ3) is 1.92. The molecule has 4 heteroatoms. The van der Waals surface area contributed by atoms with Crippen molar-refractivity contribution in [1.29, 1.82) is 0 Å². The topological polar surface area (TPSA) is 44.5 Å². The lowest BCUT2D eigenvalue weighted by Crippen LogP contribution is -2.19. The Balaban J connectivity index is 2.61. The number of hydrogen-bond acceptors (Lipinski definition) is 3. The molecular formula is C12H16BrNO2. The fraction of sp³-hybridized carbons (Fsp3) is 0.500. The molecule has 1 atom stereocenters. The maximum absolute atomic E-state index is 5.97. The lowest BCUT2D eigenvalue weighted by atomic mass is 9.98. The van der Waals surface area contributed by atoms with E-state index < -0.39 is 0 Å². The van der Waals surface area contributed by atoms with Crippen LogP contribution >= 0.6 is 15.9 Å². The molecule has 88 valence electrons. The first-order valence-corrected chi connectivity index (χ1v) is 6.30. The number of hydrogen-bond donors (Lipinski definition) is 1. The Morgan fingerprint density at radius 2 is 2.00 bits per heavy atom. The second-order valence-electron chi connectivity index (χ2n) is 3.92. The predicted octanol–water partition coefficient (Wildman–Crippen LogP) is 2.80. The summed E-state index contributed by atoms with van der Waals surface area (Å²) in [5, 5.41) is 0. The van der Waals surface area contributed by atoms with Gasteiger partial charge in [0.1, 0.15) is 13.2 Å². The van der Waals surface area contributed by atoms with Crippen LogP contribution in [-0.2, 0) is 6.42 Å². The fourth-order valence-corrected chi connectivity index (χ4v) is 2.55. The van der Waals surface area contributed by atoms with Crippen LogP contribution in [-0.4, -0.2) is 13.2 Å². The van der Waals surface area contributed by atoms with E-state index in [9.17, 15) is 0 Å². The quantitative estimate of drug-likeness (QED) is 0.909. The van der Waals surface area contributed by atoms with E-state index in [2.05, 4.69) is 22.9 Å². The first kappa shape index (κ1) is 11.7. The Morgan fingerprint density at radius 3 is 2.56 bits per heavy atom. The van der Waals surface area contributed by atoms with Gasteiger partial charge < -0.3 is 15.2 Å². The molecule has 0 saturated heterocycles. The zero-order chi connectivity index (χ0) is 11.7. The van der Waals surface area contributed by atoms with Crippen molar-refractivity contribution < 1.29 is 9.47 Å². The Hall–Kier alpha value is -0.740. The van der Waals surface area contributed by atoms with E-state index >= 15 is 0 Å². The molecule has 1 aliphatic heterocycles. The summed E-state index contributed by atoms with van der Waals surface area (Å²) in [6.45, 7) is 5.30. The highest BCUT2D eigenvalue weighted by atomic mass is 79.9. The Labute approximate surface area is 104 Å². The lowest BCUT2D eigenvalue weighted by molar-refractivity contribution is 0.168. The molecule has 0 amide bonds. The number of halogens is 1.